The number of carbonyl (C=O) groups is 2. The van der Waals surface area contributed by atoms with E-state index in [2.05, 4.69) is 11.4 Å². The third-order valence-corrected chi connectivity index (χ3v) is 5.07. The Morgan fingerprint density at radius 3 is 2.64 bits per heavy atom. The van der Waals surface area contributed by atoms with Crippen LogP contribution in [0.3, 0.4) is 0 Å². The first-order valence-electron chi connectivity index (χ1n) is 8.68. The van der Waals surface area contributed by atoms with Crippen LogP contribution in [0, 0.1) is 13.8 Å². The lowest BCUT2D eigenvalue weighted by Crippen LogP contribution is -2.40. The number of anilines is 1. The summed E-state index contributed by atoms with van der Waals surface area (Å²) < 4.78 is 0. The van der Waals surface area contributed by atoms with Gasteiger partial charge in [0.15, 0.2) is 0 Å². The van der Waals surface area contributed by atoms with Crippen LogP contribution in [-0.4, -0.2) is 23.3 Å². The monoisotopic (exact) mass is 336 g/mol. The Labute approximate surface area is 148 Å². The number of nitrogens with zero attached hydrogens (tertiary/aromatic N) is 1. The summed E-state index contributed by atoms with van der Waals surface area (Å²) in [5.41, 5.74) is 5.36. The molecule has 4 heteroatoms. The number of hydrogen-bond donors (Lipinski definition) is 1. The summed E-state index contributed by atoms with van der Waals surface area (Å²) in [6.45, 7) is 6.26. The molecule has 0 saturated carbocycles. The van der Waals surface area contributed by atoms with E-state index in [1.807, 2.05) is 55.1 Å². The number of rotatable bonds is 3. The fourth-order valence-electron chi connectivity index (χ4n) is 3.51. The molecule has 1 atom stereocenters. The van der Waals surface area contributed by atoms with E-state index in [-0.39, 0.29) is 24.3 Å². The smallest absolute Gasteiger partial charge is 0.226 e. The van der Waals surface area contributed by atoms with Crippen molar-refractivity contribution in [3.05, 3.63) is 64.7 Å². The molecule has 1 heterocycles. The van der Waals surface area contributed by atoms with Gasteiger partial charge in [-0.1, -0.05) is 36.4 Å². The van der Waals surface area contributed by atoms with Gasteiger partial charge in [-0.2, -0.15) is 0 Å². The molecule has 1 aliphatic heterocycles. The number of amides is 2. The van der Waals surface area contributed by atoms with Gasteiger partial charge < -0.3 is 10.2 Å². The maximum Gasteiger partial charge on any atom is 0.226 e. The minimum absolute atomic E-state index is 0.0130. The van der Waals surface area contributed by atoms with Gasteiger partial charge in [-0.05, 0) is 48.6 Å². The molecular formula is C21H24N2O2. The number of carbonyl (C=O) groups excluding carboxylic acids is 2. The lowest BCUT2D eigenvalue weighted by molar-refractivity contribution is -0.132. The molecule has 1 N–H and O–H groups in total. The highest BCUT2D eigenvalue weighted by molar-refractivity contribution is 5.92. The zero-order valence-electron chi connectivity index (χ0n) is 15.0. The summed E-state index contributed by atoms with van der Waals surface area (Å²) in [6, 6.07) is 13.8. The number of benzene rings is 2. The lowest BCUT2D eigenvalue weighted by atomic mass is 9.90. The van der Waals surface area contributed by atoms with Crippen molar-refractivity contribution in [2.75, 3.05) is 11.9 Å². The van der Waals surface area contributed by atoms with E-state index in [0.717, 1.165) is 28.8 Å². The molecule has 0 aromatic heterocycles. The summed E-state index contributed by atoms with van der Waals surface area (Å²) >= 11 is 0. The van der Waals surface area contributed by atoms with Crippen molar-refractivity contribution in [2.45, 2.75) is 39.7 Å². The molecule has 0 radical (unpaired) electrons. The molecule has 2 amide bonds. The van der Waals surface area contributed by atoms with Crippen LogP contribution in [-0.2, 0) is 16.0 Å². The van der Waals surface area contributed by atoms with E-state index in [9.17, 15) is 9.59 Å². The van der Waals surface area contributed by atoms with Gasteiger partial charge >= 0.3 is 0 Å². The first-order chi connectivity index (χ1) is 12.0. The maximum absolute atomic E-state index is 12.7. The van der Waals surface area contributed by atoms with Crippen molar-refractivity contribution >= 4 is 17.5 Å². The zero-order valence-corrected chi connectivity index (χ0v) is 15.0. The fourth-order valence-corrected chi connectivity index (χ4v) is 3.51. The Hall–Kier alpha value is -2.62. The van der Waals surface area contributed by atoms with Crippen LogP contribution in [0.25, 0.3) is 0 Å². The van der Waals surface area contributed by atoms with Gasteiger partial charge in [0, 0.05) is 19.2 Å². The highest BCUT2D eigenvalue weighted by atomic mass is 16.2. The second-order valence-corrected chi connectivity index (χ2v) is 6.68. The van der Waals surface area contributed by atoms with E-state index in [4.69, 9.17) is 0 Å². The first kappa shape index (κ1) is 17.2. The Morgan fingerprint density at radius 2 is 1.88 bits per heavy atom. The molecule has 0 fully saturated rings. The lowest BCUT2D eigenvalue weighted by Gasteiger charge is -2.36. The number of aryl methyl sites for hydroxylation is 1. The van der Waals surface area contributed by atoms with Crippen LogP contribution in [0.15, 0.2) is 42.5 Å². The maximum atomic E-state index is 12.7. The van der Waals surface area contributed by atoms with Gasteiger partial charge in [-0.25, -0.2) is 0 Å². The quantitative estimate of drug-likeness (QED) is 0.927. The van der Waals surface area contributed by atoms with Crippen molar-refractivity contribution in [3.63, 3.8) is 0 Å². The largest absolute Gasteiger partial charge is 0.335 e. The van der Waals surface area contributed by atoms with Gasteiger partial charge in [0.2, 0.25) is 11.8 Å². The van der Waals surface area contributed by atoms with Crippen LogP contribution in [0.1, 0.15) is 41.6 Å². The molecule has 4 nitrogen and oxygen atoms in total. The second-order valence-electron chi connectivity index (χ2n) is 6.68. The molecule has 2 aromatic rings. The standard InChI is InChI=1S/C21H24N2O2/c1-14-7-6-10-19(15(14)2)22-21(25)13-20-18-9-5-4-8-17(18)11-12-23(20)16(3)24/h4-10,20H,11-13H2,1-3H3,(H,22,25). The van der Waals surface area contributed by atoms with E-state index in [0.29, 0.717) is 6.54 Å². The number of hydrogen-bond acceptors (Lipinski definition) is 2. The van der Waals surface area contributed by atoms with Crippen molar-refractivity contribution in [3.8, 4) is 0 Å². The van der Waals surface area contributed by atoms with Gasteiger partial charge in [-0.3, -0.25) is 9.59 Å². The first-order valence-corrected chi connectivity index (χ1v) is 8.68. The minimum atomic E-state index is -0.201. The van der Waals surface area contributed by atoms with Crippen LogP contribution < -0.4 is 5.32 Å². The Kier molecular flexibility index (Phi) is 4.88. The summed E-state index contributed by atoms with van der Waals surface area (Å²) in [7, 11) is 0. The predicted molar refractivity (Wildman–Crippen MR) is 99.4 cm³/mol. The average molecular weight is 336 g/mol. The number of fused-ring (bicyclic) bond motifs is 1. The summed E-state index contributed by atoms with van der Waals surface area (Å²) in [4.78, 5) is 26.5. The SMILES string of the molecule is CC(=O)N1CCc2ccccc2C1CC(=O)Nc1cccc(C)c1C. The molecule has 130 valence electrons. The van der Waals surface area contributed by atoms with Gasteiger partial charge in [0.05, 0.1) is 12.5 Å². The van der Waals surface area contributed by atoms with E-state index in [1.54, 1.807) is 6.92 Å². The third-order valence-electron chi connectivity index (χ3n) is 5.07. The zero-order chi connectivity index (χ0) is 18.0. The topological polar surface area (TPSA) is 49.4 Å². The minimum Gasteiger partial charge on any atom is -0.335 e. The molecule has 1 aliphatic rings. The Bertz CT molecular complexity index is 813. The molecule has 3 rings (SSSR count). The molecule has 0 spiro atoms. The van der Waals surface area contributed by atoms with Crippen molar-refractivity contribution in [1.82, 2.24) is 4.90 Å². The van der Waals surface area contributed by atoms with Crippen LogP contribution >= 0.6 is 0 Å². The summed E-state index contributed by atoms with van der Waals surface area (Å²) in [5, 5.41) is 3.01. The second kappa shape index (κ2) is 7.09. The van der Waals surface area contributed by atoms with Gasteiger partial charge in [0.1, 0.15) is 0 Å². The highest BCUT2D eigenvalue weighted by Crippen LogP contribution is 2.32. The summed E-state index contributed by atoms with van der Waals surface area (Å²) in [5.74, 6) is -0.0549. The van der Waals surface area contributed by atoms with E-state index in [1.165, 1.54) is 5.56 Å². The van der Waals surface area contributed by atoms with Crippen molar-refractivity contribution in [1.29, 1.82) is 0 Å². The predicted octanol–water partition coefficient (Wildman–Crippen LogP) is 3.78. The Balaban J connectivity index is 1.83. The molecule has 25 heavy (non-hydrogen) atoms. The normalized spacial score (nSPS) is 16.3. The molecule has 0 saturated heterocycles. The molecule has 0 bridgehead atoms. The Morgan fingerprint density at radius 1 is 1.12 bits per heavy atom. The molecule has 1 unspecified atom stereocenters. The molecule has 2 aromatic carbocycles. The highest BCUT2D eigenvalue weighted by Gasteiger charge is 2.30. The van der Waals surface area contributed by atoms with Crippen LogP contribution in [0.2, 0.25) is 0 Å². The summed E-state index contributed by atoms with van der Waals surface area (Å²) in [6.07, 6.45) is 1.11. The fraction of sp³-hybridized carbons (Fsp3) is 0.333. The molecular weight excluding hydrogens is 312 g/mol. The van der Waals surface area contributed by atoms with Crippen LogP contribution in [0.5, 0.6) is 0 Å². The van der Waals surface area contributed by atoms with Crippen molar-refractivity contribution in [2.24, 2.45) is 0 Å². The van der Waals surface area contributed by atoms with Crippen LogP contribution in [0.4, 0.5) is 5.69 Å². The van der Waals surface area contributed by atoms with Gasteiger partial charge in [0.25, 0.3) is 0 Å². The van der Waals surface area contributed by atoms with E-state index < -0.39 is 0 Å². The molecule has 0 aliphatic carbocycles. The average Bonchev–Trinajstić information content (AvgIpc) is 2.59. The third kappa shape index (κ3) is 3.58. The van der Waals surface area contributed by atoms with Gasteiger partial charge in [-0.15, -0.1) is 0 Å². The van der Waals surface area contributed by atoms with Crippen molar-refractivity contribution < 1.29 is 9.59 Å². The number of nitrogens with one attached hydrogen (secondary N) is 1. The van der Waals surface area contributed by atoms with E-state index >= 15 is 0 Å².